The van der Waals surface area contributed by atoms with Gasteiger partial charge in [-0.15, -0.1) is 0 Å². The Labute approximate surface area is 296 Å². The van der Waals surface area contributed by atoms with E-state index in [-0.39, 0.29) is 19.4 Å². The van der Waals surface area contributed by atoms with E-state index in [1.54, 1.807) is 0 Å². The van der Waals surface area contributed by atoms with E-state index in [4.69, 9.17) is 24.8 Å². The van der Waals surface area contributed by atoms with Crippen molar-refractivity contribution in [2.24, 2.45) is 5.73 Å². The van der Waals surface area contributed by atoms with Gasteiger partial charge in [-0.25, -0.2) is 4.57 Å². The fourth-order valence-corrected chi connectivity index (χ4v) is 5.70. The highest BCUT2D eigenvalue weighted by molar-refractivity contribution is 7.47. The number of esters is 2. The van der Waals surface area contributed by atoms with Crippen LogP contribution in [-0.2, 0) is 37.5 Å². The fraction of sp³-hybridized carbons (Fsp3) is 0.811. The zero-order valence-electron chi connectivity index (χ0n) is 30.5. The molecule has 0 aliphatic heterocycles. The van der Waals surface area contributed by atoms with Crippen LogP contribution >= 0.6 is 7.82 Å². The molecule has 0 spiro atoms. The van der Waals surface area contributed by atoms with Crippen LogP contribution in [0.2, 0.25) is 0 Å². The van der Waals surface area contributed by atoms with Gasteiger partial charge in [0.2, 0.25) is 0 Å². The quantitative estimate of drug-likeness (QED) is 0.0247. The summed E-state index contributed by atoms with van der Waals surface area (Å²) < 4.78 is 32.5. The van der Waals surface area contributed by atoms with Gasteiger partial charge < -0.3 is 25.2 Å². The molecule has 4 N–H and O–H groups in total. The van der Waals surface area contributed by atoms with Gasteiger partial charge in [0.15, 0.2) is 6.10 Å². The van der Waals surface area contributed by atoms with Crippen LogP contribution in [0.1, 0.15) is 162 Å². The van der Waals surface area contributed by atoms with Gasteiger partial charge >= 0.3 is 25.7 Å². The standard InChI is InChI=1S/C37H68NO10P/c1-3-5-7-9-11-13-15-16-17-18-19-21-22-24-26-28-35(39)45-30-33(31-46-49(43,44)47-32-34(38)37(41)42)48-36(40)29-27-25-23-20-14-12-10-8-6-4-2/h11,13,16-17,33-34H,3-10,12,14-15,18-32,38H2,1-2H3,(H,41,42)(H,43,44)/b13-11+,17-16+/t33-,34+/m0/s1. The smallest absolute Gasteiger partial charge is 0.472 e. The van der Waals surface area contributed by atoms with Crippen molar-refractivity contribution >= 4 is 25.7 Å². The van der Waals surface area contributed by atoms with Crippen LogP contribution in [-0.4, -0.2) is 59.9 Å². The van der Waals surface area contributed by atoms with Crippen LogP contribution in [0.25, 0.3) is 0 Å². The summed E-state index contributed by atoms with van der Waals surface area (Å²) >= 11 is 0. The predicted molar refractivity (Wildman–Crippen MR) is 194 cm³/mol. The summed E-state index contributed by atoms with van der Waals surface area (Å²) in [6.45, 7) is 2.72. The Morgan fingerprint density at radius 2 is 1.08 bits per heavy atom. The molecule has 0 rings (SSSR count). The molecule has 0 heterocycles. The molecule has 49 heavy (non-hydrogen) atoms. The van der Waals surface area contributed by atoms with Crippen molar-refractivity contribution in [3.05, 3.63) is 24.3 Å². The number of aliphatic carboxylic acids is 1. The number of rotatable bonds is 35. The lowest BCUT2D eigenvalue weighted by molar-refractivity contribution is -0.161. The van der Waals surface area contributed by atoms with Crippen molar-refractivity contribution in [2.75, 3.05) is 19.8 Å². The highest BCUT2D eigenvalue weighted by Crippen LogP contribution is 2.43. The Bertz CT molecular complexity index is 942. The number of phosphoric acid groups is 1. The lowest BCUT2D eigenvalue weighted by Gasteiger charge is -2.20. The van der Waals surface area contributed by atoms with Crippen molar-refractivity contribution in [1.29, 1.82) is 0 Å². The van der Waals surface area contributed by atoms with E-state index in [2.05, 4.69) is 42.7 Å². The number of carbonyl (C=O) groups excluding carboxylic acids is 2. The molecular weight excluding hydrogens is 649 g/mol. The van der Waals surface area contributed by atoms with Gasteiger partial charge in [0.1, 0.15) is 12.6 Å². The SMILES string of the molecule is CCCCC/C=C/C/C=C/CCCCCCCC(=O)OC[C@@H](COP(=O)(O)OC[C@@H](N)C(=O)O)OC(=O)CCCCCCCCCCCC. The average molecular weight is 718 g/mol. The third-order valence-corrected chi connectivity index (χ3v) is 8.90. The zero-order chi connectivity index (χ0) is 36.4. The summed E-state index contributed by atoms with van der Waals surface area (Å²) in [7, 11) is -4.71. The normalized spacial score (nSPS) is 14.2. The lowest BCUT2D eigenvalue weighted by atomic mass is 10.1. The first-order valence-electron chi connectivity index (χ1n) is 18.9. The van der Waals surface area contributed by atoms with Crippen LogP contribution in [0.5, 0.6) is 0 Å². The number of nitrogens with two attached hydrogens (primary N) is 1. The number of phosphoric ester groups is 1. The summed E-state index contributed by atoms with van der Waals surface area (Å²) in [4.78, 5) is 45.6. The predicted octanol–water partition coefficient (Wildman–Crippen LogP) is 9.11. The van der Waals surface area contributed by atoms with Gasteiger partial charge in [0, 0.05) is 12.8 Å². The number of ether oxygens (including phenoxy) is 2. The van der Waals surface area contributed by atoms with Crippen molar-refractivity contribution in [3.63, 3.8) is 0 Å². The molecule has 0 aromatic heterocycles. The van der Waals surface area contributed by atoms with Gasteiger partial charge in [-0.2, -0.15) is 0 Å². The molecule has 286 valence electrons. The molecule has 3 atom stereocenters. The van der Waals surface area contributed by atoms with Gasteiger partial charge in [-0.1, -0.05) is 128 Å². The van der Waals surface area contributed by atoms with E-state index in [9.17, 15) is 23.8 Å². The third kappa shape index (κ3) is 32.9. The number of hydrogen-bond acceptors (Lipinski definition) is 9. The molecule has 0 aliphatic carbocycles. The molecular formula is C37H68NO10P. The van der Waals surface area contributed by atoms with Gasteiger partial charge in [-0.05, 0) is 44.9 Å². The first kappa shape index (κ1) is 47.0. The Kier molecular flexibility index (Phi) is 31.7. The summed E-state index contributed by atoms with van der Waals surface area (Å²) in [5.74, 6) is -2.40. The number of unbranched alkanes of at least 4 members (excludes halogenated alkanes) is 17. The summed E-state index contributed by atoms with van der Waals surface area (Å²) in [6.07, 6.45) is 31.1. The van der Waals surface area contributed by atoms with Crippen molar-refractivity contribution in [2.45, 2.75) is 174 Å². The molecule has 0 radical (unpaired) electrons. The third-order valence-electron chi connectivity index (χ3n) is 7.95. The minimum Gasteiger partial charge on any atom is -0.480 e. The van der Waals surface area contributed by atoms with Crippen LogP contribution in [0.15, 0.2) is 24.3 Å². The zero-order valence-corrected chi connectivity index (χ0v) is 31.4. The second-order valence-corrected chi connectivity index (χ2v) is 14.2. The Balaban J connectivity index is 4.44. The minimum absolute atomic E-state index is 0.160. The van der Waals surface area contributed by atoms with Crippen LogP contribution in [0, 0.1) is 0 Å². The molecule has 12 heteroatoms. The van der Waals surface area contributed by atoms with E-state index < -0.39 is 51.1 Å². The number of carboxylic acid groups (broad SMARTS) is 1. The van der Waals surface area contributed by atoms with E-state index in [0.717, 1.165) is 64.2 Å². The number of carbonyl (C=O) groups is 3. The number of allylic oxidation sites excluding steroid dienone is 4. The summed E-state index contributed by atoms with van der Waals surface area (Å²) in [6, 6.07) is -1.52. The maximum Gasteiger partial charge on any atom is 0.472 e. The Hall–Kier alpha value is -2.04. The van der Waals surface area contributed by atoms with E-state index >= 15 is 0 Å². The maximum atomic E-state index is 12.5. The fourth-order valence-electron chi connectivity index (χ4n) is 4.92. The molecule has 0 aliphatic rings. The van der Waals surface area contributed by atoms with Crippen molar-refractivity contribution in [3.8, 4) is 0 Å². The van der Waals surface area contributed by atoms with Crippen LogP contribution in [0.3, 0.4) is 0 Å². The van der Waals surface area contributed by atoms with Gasteiger partial charge in [-0.3, -0.25) is 23.4 Å². The first-order chi connectivity index (χ1) is 23.6. The second kappa shape index (κ2) is 33.1. The average Bonchev–Trinajstić information content (AvgIpc) is 3.07. The minimum atomic E-state index is -4.71. The van der Waals surface area contributed by atoms with Gasteiger partial charge in [0.25, 0.3) is 0 Å². The summed E-state index contributed by atoms with van der Waals surface area (Å²) in [5, 5.41) is 8.84. The molecule has 11 nitrogen and oxygen atoms in total. The molecule has 0 aromatic rings. The highest BCUT2D eigenvalue weighted by atomic mass is 31.2. The maximum absolute atomic E-state index is 12.5. The monoisotopic (exact) mass is 717 g/mol. The van der Waals surface area contributed by atoms with Crippen molar-refractivity contribution in [1.82, 2.24) is 0 Å². The molecule has 1 unspecified atom stereocenters. The lowest BCUT2D eigenvalue weighted by Crippen LogP contribution is -2.34. The molecule has 0 saturated carbocycles. The molecule has 0 aromatic carbocycles. The second-order valence-electron chi connectivity index (χ2n) is 12.7. The largest absolute Gasteiger partial charge is 0.480 e. The van der Waals surface area contributed by atoms with Crippen LogP contribution in [0.4, 0.5) is 0 Å². The van der Waals surface area contributed by atoms with E-state index in [0.29, 0.717) is 12.8 Å². The van der Waals surface area contributed by atoms with E-state index in [1.165, 1.54) is 57.8 Å². The Morgan fingerprint density at radius 1 is 0.633 bits per heavy atom. The topological polar surface area (TPSA) is 172 Å². The van der Waals surface area contributed by atoms with Crippen molar-refractivity contribution < 1.29 is 47.5 Å². The molecule has 0 bridgehead atoms. The number of carboxylic acids is 1. The highest BCUT2D eigenvalue weighted by Gasteiger charge is 2.28. The summed E-state index contributed by atoms with van der Waals surface area (Å²) in [5.41, 5.74) is 5.31. The Morgan fingerprint density at radius 3 is 1.63 bits per heavy atom. The van der Waals surface area contributed by atoms with Gasteiger partial charge in [0.05, 0.1) is 13.2 Å². The van der Waals surface area contributed by atoms with E-state index in [1.807, 2.05) is 0 Å². The molecule has 0 fully saturated rings. The molecule has 0 amide bonds. The van der Waals surface area contributed by atoms with Crippen LogP contribution < -0.4 is 5.73 Å². The first-order valence-corrected chi connectivity index (χ1v) is 20.4. The molecule has 0 saturated heterocycles. The number of hydrogen-bond donors (Lipinski definition) is 3.